The lowest BCUT2D eigenvalue weighted by Crippen LogP contribution is -2.58. The summed E-state index contributed by atoms with van der Waals surface area (Å²) >= 11 is 2.09. The van der Waals surface area contributed by atoms with E-state index in [0.29, 0.717) is 17.5 Å². The molecule has 0 aliphatic carbocycles. The minimum absolute atomic E-state index is 0.361. The summed E-state index contributed by atoms with van der Waals surface area (Å²) in [5.41, 5.74) is 3.44. The van der Waals surface area contributed by atoms with Crippen LogP contribution in [0.4, 0.5) is 39.5 Å². The van der Waals surface area contributed by atoms with Crippen LogP contribution >= 0.6 is 11.8 Å². The van der Waals surface area contributed by atoms with Crippen LogP contribution in [-0.4, -0.2) is 96.3 Å². The van der Waals surface area contributed by atoms with Gasteiger partial charge in [0, 0.05) is 48.2 Å². The minimum Gasteiger partial charge on any atom is -0.475 e. The van der Waals surface area contributed by atoms with E-state index in [1.54, 1.807) is 0 Å². The zero-order valence-corrected chi connectivity index (χ0v) is 23.8. The number of nitrogens with zero attached hydrogens (tertiary/aromatic N) is 3. The molecule has 4 heterocycles. The van der Waals surface area contributed by atoms with Gasteiger partial charge in [0.2, 0.25) is 0 Å². The van der Waals surface area contributed by atoms with Gasteiger partial charge in [0.15, 0.2) is 0 Å². The number of likely N-dealkylation sites (tertiary alicyclic amines) is 1. The third kappa shape index (κ3) is 15.3. The van der Waals surface area contributed by atoms with Crippen molar-refractivity contribution in [3.05, 3.63) is 59.7 Å². The van der Waals surface area contributed by atoms with E-state index in [0.717, 1.165) is 30.1 Å². The van der Waals surface area contributed by atoms with Crippen LogP contribution in [0.2, 0.25) is 0 Å². The van der Waals surface area contributed by atoms with E-state index < -0.39 is 36.4 Å². The third-order valence-corrected chi connectivity index (χ3v) is 7.07. The molecule has 45 heavy (non-hydrogen) atoms. The Bertz CT molecular complexity index is 1200. The van der Waals surface area contributed by atoms with Crippen molar-refractivity contribution in [1.82, 2.24) is 14.9 Å². The highest BCUT2D eigenvalue weighted by molar-refractivity contribution is 8.01. The van der Waals surface area contributed by atoms with Crippen LogP contribution in [-0.2, 0) is 32.3 Å². The number of carboxylic acid groups (broad SMARTS) is 3. The van der Waals surface area contributed by atoms with Gasteiger partial charge in [0.1, 0.15) is 0 Å². The Balaban J connectivity index is 0.000000396. The molecule has 2 aliphatic heterocycles. The molecule has 2 aliphatic rings. The lowest BCUT2D eigenvalue weighted by atomic mass is 9.92. The zero-order chi connectivity index (χ0) is 34.6. The number of hydrogen-bond donors (Lipinski definition) is 3. The van der Waals surface area contributed by atoms with E-state index in [-0.39, 0.29) is 0 Å². The summed E-state index contributed by atoms with van der Waals surface area (Å²) in [4.78, 5) is 37.8. The van der Waals surface area contributed by atoms with Gasteiger partial charge in [-0.25, -0.2) is 14.4 Å². The Kier molecular flexibility index (Phi) is 14.5. The largest absolute Gasteiger partial charge is 0.490 e. The summed E-state index contributed by atoms with van der Waals surface area (Å²) in [7, 11) is 0. The maximum Gasteiger partial charge on any atom is 0.490 e. The Hall–Kier alpha value is -3.65. The molecule has 2 fully saturated rings. The average molecular weight is 684 g/mol. The zero-order valence-electron chi connectivity index (χ0n) is 23.0. The first-order valence-corrected chi connectivity index (χ1v) is 13.2. The van der Waals surface area contributed by atoms with Crippen LogP contribution < -0.4 is 0 Å². The Morgan fingerprint density at radius 2 is 1.36 bits per heavy atom. The predicted octanol–water partition coefficient (Wildman–Crippen LogP) is 4.96. The highest BCUT2D eigenvalue weighted by Gasteiger charge is 2.49. The maximum atomic E-state index is 10.6. The van der Waals surface area contributed by atoms with Crippen molar-refractivity contribution in [1.29, 1.82) is 0 Å². The van der Waals surface area contributed by atoms with Gasteiger partial charge in [-0.1, -0.05) is 6.07 Å². The number of ether oxygens (including phenoxy) is 1. The third-order valence-electron chi connectivity index (χ3n) is 5.49. The fourth-order valence-electron chi connectivity index (χ4n) is 3.64. The number of carboxylic acids is 3. The normalized spacial score (nSPS) is 17.3. The van der Waals surface area contributed by atoms with E-state index in [2.05, 4.69) is 44.8 Å². The van der Waals surface area contributed by atoms with E-state index in [4.69, 9.17) is 34.4 Å². The van der Waals surface area contributed by atoms with Crippen LogP contribution in [0.1, 0.15) is 23.4 Å². The summed E-state index contributed by atoms with van der Waals surface area (Å²) < 4.78 is 102. The molecule has 252 valence electrons. The molecule has 0 radical (unpaired) electrons. The van der Waals surface area contributed by atoms with Crippen LogP contribution in [0.25, 0.3) is 0 Å². The summed E-state index contributed by atoms with van der Waals surface area (Å²) in [5.74, 6) is -7.16. The molecule has 0 bridgehead atoms. The van der Waals surface area contributed by atoms with Gasteiger partial charge in [-0.15, -0.1) is 11.8 Å². The first kappa shape index (κ1) is 39.4. The second-order valence-corrected chi connectivity index (χ2v) is 10.8. The highest BCUT2D eigenvalue weighted by atomic mass is 32.2. The molecule has 2 saturated heterocycles. The second-order valence-electron chi connectivity index (χ2n) is 9.31. The van der Waals surface area contributed by atoms with Gasteiger partial charge >= 0.3 is 36.4 Å². The van der Waals surface area contributed by atoms with Gasteiger partial charge in [0.25, 0.3) is 0 Å². The molecule has 1 unspecified atom stereocenters. The standard InChI is InChI=1S/C19H23N3OS.3C2HF3O2/c1-15-3-2-4-17(21-15)11-23-18-9-19(24-12-18)13-22(14-19)10-16-5-7-20-8-6-16;3*3-2(4,5)1(6)7/h2-8,18H,9-14H2,1H3;3*(H,6,7). The summed E-state index contributed by atoms with van der Waals surface area (Å²) in [6, 6.07) is 10.3. The van der Waals surface area contributed by atoms with Crippen molar-refractivity contribution in [2.24, 2.45) is 0 Å². The molecule has 0 saturated carbocycles. The van der Waals surface area contributed by atoms with E-state index in [1.807, 2.05) is 31.5 Å². The topological polar surface area (TPSA) is 150 Å². The van der Waals surface area contributed by atoms with Crippen molar-refractivity contribution in [2.45, 2.75) is 55.9 Å². The number of alkyl halides is 9. The number of thioether (sulfide) groups is 1. The Morgan fingerprint density at radius 1 is 0.889 bits per heavy atom. The van der Waals surface area contributed by atoms with E-state index >= 15 is 0 Å². The highest BCUT2D eigenvalue weighted by Crippen LogP contribution is 2.46. The van der Waals surface area contributed by atoms with Crippen LogP contribution in [0.15, 0.2) is 42.7 Å². The molecule has 20 heteroatoms. The molecule has 10 nitrogen and oxygen atoms in total. The molecular formula is C25H26F9N3O7S. The number of aromatic nitrogens is 2. The molecule has 1 spiro atoms. The van der Waals surface area contributed by atoms with Crippen LogP contribution in [0, 0.1) is 6.92 Å². The average Bonchev–Trinajstić information content (AvgIpc) is 3.32. The van der Waals surface area contributed by atoms with Crippen LogP contribution in [0.5, 0.6) is 0 Å². The number of aryl methyl sites for hydroxylation is 1. The molecule has 1 atom stereocenters. The molecule has 2 aromatic rings. The lowest BCUT2D eigenvalue weighted by Gasteiger charge is -2.47. The van der Waals surface area contributed by atoms with Gasteiger partial charge in [-0.2, -0.15) is 39.5 Å². The first-order valence-electron chi connectivity index (χ1n) is 12.2. The van der Waals surface area contributed by atoms with Crippen molar-refractivity contribution < 1.29 is 74.0 Å². The second kappa shape index (κ2) is 16.6. The maximum absolute atomic E-state index is 10.6. The fourth-order valence-corrected chi connectivity index (χ4v) is 5.24. The molecule has 0 amide bonds. The first-order chi connectivity index (χ1) is 20.5. The van der Waals surface area contributed by atoms with Crippen LogP contribution in [0.3, 0.4) is 0 Å². The number of rotatable bonds is 5. The van der Waals surface area contributed by atoms with E-state index in [1.165, 1.54) is 18.7 Å². The van der Waals surface area contributed by atoms with Gasteiger partial charge in [-0.05, 0) is 43.2 Å². The van der Waals surface area contributed by atoms with Gasteiger partial charge in [0.05, 0.1) is 18.4 Å². The van der Waals surface area contributed by atoms with Crippen molar-refractivity contribution in [2.75, 3.05) is 18.8 Å². The van der Waals surface area contributed by atoms with Crippen molar-refractivity contribution >= 4 is 29.7 Å². The lowest BCUT2D eigenvalue weighted by molar-refractivity contribution is -0.193. The summed E-state index contributed by atoms with van der Waals surface area (Å²) in [5, 5.41) is 21.4. The molecular weight excluding hydrogens is 657 g/mol. The number of aliphatic carboxylic acids is 3. The fraction of sp³-hybridized carbons (Fsp3) is 0.480. The minimum atomic E-state index is -5.08. The molecule has 3 N–H and O–H groups in total. The number of halogens is 9. The monoisotopic (exact) mass is 683 g/mol. The number of hydrogen-bond acceptors (Lipinski definition) is 8. The smallest absolute Gasteiger partial charge is 0.475 e. The SMILES string of the molecule is Cc1cccc(COC2CSC3(C2)CN(Cc2ccncc2)C3)n1.O=C(O)C(F)(F)F.O=C(O)C(F)(F)F.O=C(O)C(F)(F)F. The quantitative estimate of drug-likeness (QED) is 0.367. The summed E-state index contributed by atoms with van der Waals surface area (Å²) in [6.45, 7) is 6.02. The molecule has 4 rings (SSSR count). The van der Waals surface area contributed by atoms with Gasteiger partial charge < -0.3 is 20.1 Å². The van der Waals surface area contributed by atoms with E-state index in [9.17, 15) is 39.5 Å². The number of pyridine rings is 2. The predicted molar refractivity (Wildman–Crippen MR) is 138 cm³/mol. The Morgan fingerprint density at radius 3 is 1.78 bits per heavy atom. The van der Waals surface area contributed by atoms with Crippen molar-refractivity contribution in [3.63, 3.8) is 0 Å². The van der Waals surface area contributed by atoms with Gasteiger partial charge in [-0.3, -0.25) is 14.9 Å². The number of carbonyl (C=O) groups is 3. The summed E-state index contributed by atoms with van der Waals surface area (Å²) in [6.07, 6.45) is -9.98. The molecule has 0 aromatic carbocycles. The Labute approximate surface area is 253 Å². The molecule has 2 aromatic heterocycles. The van der Waals surface area contributed by atoms with Crippen molar-refractivity contribution in [3.8, 4) is 0 Å².